The summed E-state index contributed by atoms with van der Waals surface area (Å²) in [5.74, 6) is 0.771. The maximum absolute atomic E-state index is 12.7. The normalized spacial score (nSPS) is 16.2. The van der Waals surface area contributed by atoms with Crippen LogP contribution in [0.25, 0.3) is 11.7 Å². The van der Waals surface area contributed by atoms with Crippen molar-refractivity contribution < 1.29 is 23.9 Å². The second kappa shape index (κ2) is 9.16. The number of carbonyl (C=O) groups is 3. The van der Waals surface area contributed by atoms with Crippen molar-refractivity contribution in [3.05, 3.63) is 53.1 Å². The molecule has 4 heterocycles. The van der Waals surface area contributed by atoms with Crippen molar-refractivity contribution in [2.75, 3.05) is 25.6 Å². The summed E-state index contributed by atoms with van der Waals surface area (Å²) in [6.07, 6.45) is 3.47. The van der Waals surface area contributed by atoms with E-state index in [1.807, 2.05) is 24.4 Å². The maximum Gasteiger partial charge on any atom is 0.293 e. The number of imide groups is 1. The van der Waals surface area contributed by atoms with Gasteiger partial charge in [-0.2, -0.15) is 0 Å². The van der Waals surface area contributed by atoms with Crippen LogP contribution in [0.5, 0.6) is 11.5 Å². The van der Waals surface area contributed by atoms with Gasteiger partial charge in [0.15, 0.2) is 22.3 Å². The molecule has 1 N–H and O–H groups in total. The first-order valence-corrected chi connectivity index (χ1v) is 11.7. The lowest BCUT2D eigenvalue weighted by Gasteiger charge is -2.12. The summed E-state index contributed by atoms with van der Waals surface area (Å²) in [6.45, 7) is 0.415. The van der Waals surface area contributed by atoms with E-state index in [-0.39, 0.29) is 42.7 Å². The Morgan fingerprint density at radius 3 is 2.97 bits per heavy atom. The Morgan fingerprint density at radius 2 is 2.06 bits per heavy atom. The van der Waals surface area contributed by atoms with Crippen molar-refractivity contribution in [3.8, 4) is 11.5 Å². The van der Waals surface area contributed by atoms with Crippen molar-refractivity contribution >= 4 is 52.3 Å². The Balaban J connectivity index is 1.13. The number of amides is 3. The first kappa shape index (κ1) is 21.3. The number of ether oxygens (including phenoxy) is 2. The monoisotopic (exact) mass is 483 g/mol. The lowest BCUT2D eigenvalue weighted by atomic mass is 10.2. The van der Waals surface area contributed by atoms with Gasteiger partial charge in [-0.05, 0) is 47.7 Å². The lowest BCUT2D eigenvalue weighted by Crippen LogP contribution is -2.37. The van der Waals surface area contributed by atoms with Gasteiger partial charge in [-0.15, -0.1) is 10.2 Å². The van der Waals surface area contributed by atoms with Crippen molar-refractivity contribution in [1.82, 2.24) is 24.8 Å². The number of pyridine rings is 1. The second-order valence-electron chi connectivity index (χ2n) is 7.00. The summed E-state index contributed by atoms with van der Waals surface area (Å²) in [6, 6.07) is 10.9. The molecule has 0 bridgehead atoms. The van der Waals surface area contributed by atoms with Gasteiger partial charge in [0.25, 0.3) is 11.1 Å². The minimum Gasteiger partial charge on any atom is -0.454 e. The molecule has 168 valence electrons. The van der Waals surface area contributed by atoms with E-state index in [1.54, 1.807) is 28.7 Å². The highest BCUT2D eigenvalue weighted by Crippen LogP contribution is 2.36. The minimum atomic E-state index is -0.388. The van der Waals surface area contributed by atoms with Crippen LogP contribution >= 0.6 is 23.5 Å². The molecule has 12 heteroatoms. The highest BCUT2D eigenvalue weighted by Gasteiger charge is 2.34. The lowest BCUT2D eigenvalue weighted by molar-refractivity contribution is -0.123. The summed E-state index contributed by atoms with van der Waals surface area (Å²) >= 11 is 2.13. The summed E-state index contributed by atoms with van der Waals surface area (Å²) < 4.78 is 12.4. The van der Waals surface area contributed by atoms with Crippen LogP contribution in [0.4, 0.5) is 4.79 Å². The molecule has 0 unspecified atom stereocenters. The highest BCUT2D eigenvalue weighted by molar-refractivity contribution is 8.18. The molecule has 0 aliphatic carbocycles. The van der Waals surface area contributed by atoms with Crippen LogP contribution in [0.15, 0.2) is 52.7 Å². The summed E-state index contributed by atoms with van der Waals surface area (Å²) in [5.41, 5.74) is 1.43. The Labute approximate surface area is 196 Å². The van der Waals surface area contributed by atoms with Crippen LogP contribution in [0.3, 0.4) is 0 Å². The van der Waals surface area contributed by atoms with E-state index in [0.717, 1.165) is 22.2 Å². The molecule has 2 aliphatic heterocycles. The number of benzene rings is 1. The molecule has 0 saturated carbocycles. The average Bonchev–Trinajstić information content (AvgIpc) is 3.51. The van der Waals surface area contributed by atoms with E-state index in [1.165, 1.54) is 11.8 Å². The number of hydrogen-bond donors (Lipinski definition) is 1. The third-order valence-corrected chi connectivity index (χ3v) is 6.69. The van der Waals surface area contributed by atoms with Crippen molar-refractivity contribution in [1.29, 1.82) is 0 Å². The van der Waals surface area contributed by atoms with Crippen molar-refractivity contribution in [2.45, 2.75) is 5.16 Å². The zero-order valence-electron chi connectivity index (χ0n) is 17.1. The van der Waals surface area contributed by atoms with Crippen LogP contribution in [0, 0.1) is 0 Å². The molecule has 0 spiro atoms. The molecule has 10 nitrogen and oxygen atoms in total. The van der Waals surface area contributed by atoms with E-state index in [2.05, 4.69) is 15.5 Å². The van der Waals surface area contributed by atoms with Gasteiger partial charge < -0.3 is 14.8 Å². The summed E-state index contributed by atoms with van der Waals surface area (Å²) in [4.78, 5) is 38.6. The molecule has 3 aromatic rings. The summed E-state index contributed by atoms with van der Waals surface area (Å²) in [5, 5.41) is 11.1. The number of thioether (sulfide) groups is 2. The number of aromatic nitrogens is 3. The van der Waals surface area contributed by atoms with Crippen LogP contribution in [-0.4, -0.2) is 62.2 Å². The van der Waals surface area contributed by atoms with Crippen LogP contribution in [0.1, 0.15) is 5.56 Å². The predicted octanol–water partition coefficient (Wildman–Crippen LogP) is 2.40. The predicted molar refractivity (Wildman–Crippen MR) is 122 cm³/mol. The van der Waals surface area contributed by atoms with Crippen LogP contribution < -0.4 is 14.8 Å². The van der Waals surface area contributed by atoms with E-state index >= 15 is 0 Å². The topological polar surface area (TPSA) is 115 Å². The average molecular weight is 484 g/mol. The van der Waals surface area contributed by atoms with E-state index in [9.17, 15) is 14.4 Å². The van der Waals surface area contributed by atoms with Gasteiger partial charge in [0, 0.05) is 19.3 Å². The number of nitrogens with zero attached hydrogens (tertiary/aromatic N) is 4. The SMILES string of the molecule is O=C(CSc1nnc2ccccn12)NCCN1C(=O)S/C(=C/c2ccc3c(c2)OCO3)C1=O. The summed E-state index contributed by atoms with van der Waals surface area (Å²) in [7, 11) is 0. The van der Waals surface area contributed by atoms with Gasteiger partial charge >= 0.3 is 0 Å². The highest BCUT2D eigenvalue weighted by atomic mass is 32.2. The molecule has 1 aromatic carbocycles. The first-order chi connectivity index (χ1) is 16.1. The number of carbonyl (C=O) groups excluding carboxylic acids is 3. The first-order valence-electron chi connectivity index (χ1n) is 9.93. The van der Waals surface area contributed by atoms with Gasteiger partial charge in [0.2, 0.25) is 12.7 Å². The number of hydrogen-bond acceptors (Lipinski definition) is 9. The molecule has 2 aliphatic rings. The largest absolute Gasteiger partial charge is 0.454 e. The number of rotatable bonds is 7. The van der Waals surface area contributed by atoms with Gasteiger partial charge in [0.1, 0.15) is 0 Å². The standard InChI is InChI=1S/C21H17N5O5S2/c27-18(11-32-20-24-23-17-3-1-2-7-25(17)20)22-6-8-26-19(28)16(33-21(26)29)10-13-4-5-14-15(9-13)31-12-30-14/h1-5,7,9-10H,6,8,11-12H2,(H,22,27)/b16-10+. The van der Waals surface area contributed by atoms with Crippen molar-refractivity contribution in [2.24, 2.45) is 0 Å². The van der Waals surface area contributed by atoms with Crippen LogP contribution in [-0.2, 0) is 9.59 Å². The Hall–Kier alpha value is -3.51. The zero-order valence-corrected chi connectivity index (χ0v) is 18.7. The van der Waals surface area contributed by atoms with Gasteiger partial charge in [-0.3, -0.25) is 23.7 Å². The smallest absolute Gasteiger partial charge is 0.293 e. The number of nitrogens with one attached hydrogen (secondary N) is 1. The fraction of sp³-hybridized carbons (Fsp3) is 0.190. The molecule has 0 atom stereocenters. The minimum absolute atomic E-state index is 0.0907. The Morgan fingerprint density at radius 1 is 1.18 bits per heavy atom. The van der Waals surface area contributed by atoms with Gasteiger partial charge in [0.05, 0.1) is 10.7 Å². The molecule has 1 fully saturated rings. The van der Waals surface area contributed by atoms with Crippen LogP contribution in [0.2, 0.25) is 0 Å². The molecule has 33 heavy (non-hydrogen) atoms. The van der Waals surface area contributed by atoms with E-state index in [0.29, 0.717) is 27.2 Å². The third-order valence-electron chi connectivity index (χ3n) is 4.84. The van der Waals surface area contributed by atoms with E-state index in [4.69, 9.17) is 9.47 Å². The van der Waals surface area contributed by atoms with Gasteiger partial charge in [-0.1, -0.05) is 23.9 Å². The second-order valence-corrected chi connectivity index (χ2v) is 8.93. The molecule has 1 saturated heterocycles. The van der Waals surface area contributed by atoms with Gasteiger partial charge in [-0.25, -0.2) is 0 Å². The fourth-order valence-electron chi connectivity index (χ4n) is 3.25. The quantitative estimate of drug-likeness (QED) is 0.399. The molecule has 3 amide bonds. The Bertz CT molecular complexity index is 1290. The molecular formula is C21H17N5O5S2. The van der Waals surface area contributed by atoms with E-state index < -0.39 is 0 Å². The molecule has 2 aromatic heterocycles. The molecular weight excluding hydrogens is 466 g/mol. The molecule has 5 rings (SSSR count). The fourth-order valence-corrected chi connectivity index (χ4v) is 4.87. The third kappa shape index (κ3) is 4.52. The zero-order chi connectivity index (χ0) is 22.8. The maximum atomic E-state index is 12.7. The number of fused-ring (bicyclic) bond motifs is 2. The molecule has 0 radical (unpaired) electrons. The van der Waals surface area contributed by atoms with Crippen molar-refractivity contribution in [3.63, 3.8) is 0 Å². The Kier molecular flexibility index (Phi) is 5.92.